The lowest BCUT2D eigenvalue weighted by Crippen LogP contribution is -2.39. The summed E-state index contributed by atoms with van der Waals surface area (Å²) in [5.74, 6) is -0.179. The summed E-state index contributed by atoms with van der Waals surface area (Å²) in [6, 6.07) is 2.92. The molecule has 1 atom stereocenters. The van der Waals surface area contributed by atoms with Crippen LogP contribution in [0.3, 0.4) is 0 Å². The second-order valence-electron chi connectivity index (χ2n) is 6.39. The fraction of sp³-hybridized carbons (Fsp3) is 0.500. The molecule has 0 aromatic carbocycles. The van der Waals surface area contributed by atoms with E-state index < -0.39 is 11.5 Å². The Morgan fingerprint density at radius 1 is 1.43 bits per heavy atom. The van der Waals surface area contributed by atoms with E-state index in [1.165, 1.54) is 12.3 Å². The molecule has 1 unspecified atom stereocenters. The molecule has 114 valence electrons. The van der Waals surface area contributed by atoms with Gasteiger partial charge in [-0.15, -0.1) is 0 Å². The first-order valence-electron chi connectivity index (χ1n) is 7.09. The molecular formula is C16H21FN2O2. The summed E-state index contributed by atoms with van der Waals surface area (Å²) in [5.41, 5.74) is 0.896. The molecule has 0 fully saturated rings. The van der Waals surface area contributed by atoms with Gasteiger partial charge in [0.25, 0.3) is 0 Å². The number of pyridine rings is 1. The normalized spacial score (nSPS) is 19.2. The lowest BCUT2D eigenvalue weighted by Gasteiger charge is -2.33. The Bertz CT molecular complexity index is 546. The topological polar surface area (TPSA) is 42.4 Å². The Hall–Kier alpha value is -1.91. The molecule has 0 saturated carbocycles. The molecule has 1 aliphatic rings. The maximum absolute atomic E-state index is 13.0. The zero-order valence-corrected chi connectivity index (χ0v) is 12.9. The molecule has 2 heterocycles. The maximum atomic E-state index is 13.0. The third-order valence-corrected chi connectivity index (χ3v) is 3.14. The van der Waals surface area contributed by atoms with Crippen LogP contribution in [0.15, 0.2) is 24.4 Å². The van der Waals surface area contributed by atoms with Crippen molar-refractivity contribution < 1.29 is 13.9 Å². The first kappa shape index (κ1) is 15.5. The molecule has 0 spiro atoms. The summed E-state index contributed by atoms with van der Waals surface area (Å²) in [6.07, 6.45) is 3.90. The van der Waals surface area contributed by atoms with Crippen LogP contribution in [0.2, 0.25) is 0 Å². The first-order valence-corrected chi connectivity index (χ1v) is 7.09. The summed E-state index contributed by atoms with van der Waals surface area (Å²) in [5, 5.41) is 0. The quantitative estimate of drug-likeness (QED) is 0.739. The van der Waals surface area contributed by atoms with Crippen LogP contribution < -0.4 is 0 Å². The molecule has 1 aromatic rings. The van der Waals surface area contributed by atoms with Gasteiger partial charge in [-0.1, -0.05) is 13.0 Å². The van der Waals surface area contributed by atoms with Crippen molar-refractivity contribution in [3.05, 3.63) is 35.9 Å². The molecule has 1 aromatic heterocycles. The first-order chi connectivity index (χ1) is 9.76. The highest BCUT2D eigenvalue weighted by atomic mass is 19.1. The van der Waals surface area contributed by atoms with Gasteiger partial charge in [0.05, 0.1) is 5.70 Å². The molecule has 4 nitrogen and oxygen atoms in total. The van der Waals surface area contributed by atoms with Gasteiger partial charge in [-0.05, 0) is 45.2 Å². The van der Waals surface area contributed by atoms with E-state index in [2.05, 4.69) is 11.9 Å². The molecule has 5 heteroatoms. The number of carbonyl (C=O) groups excluding carboxylic acids is 1. The highest BCUT2D eigenvalue weighted by molar-refractivity contribution is 5.82. The Balaban J connectivity index is 2.28. The minimum absolute atomic E-state index is 0.356. The lowest BCUT2D eigenvalue weighted by atomic mass is 9.99. The number of hydrogen-bond acceptors (Lipinski definition) is 3. The fourth-order valence-corrected chi connectivity index (χ4v) is 2.20. The number of allylic oxidation sites excluding steroid dienone is 1. The number of carbonyl (C=O) groups is 1. The van der Waals surface area contributed by atoms with Crippen LogP contribution in [0.4, 0.5) is 9.18 Å². The molecule has 0 radical (unpaired) electrons. The third-order valence-electron chi connectivity index (χ3n) is 3.14. The van der Waals surface area contributed by atoms with Gasteiger partial charge >= 0.3 is 6.09 Å². The van der Waals surface area contributed by atoms with E-state index in [0.29, 0.717) is 18.0 Å². The van der Waals surface area contributed by atoms with Crippen molar-refractivity contribution in [2.45, 2.75) is 39.7 Å². The standard InChI is InChI=1S/C16H21FN2O2/c1-11-5-7-13(12-6-8-14(17)18-9-12)19(10-11)15(20)21-16(2,3)4/h6-9,11H,5,10H2,1-4H3. The number of ether oxygens (including phenoxy) is 1. The average molecular weight is 292 g/mol. The number of aromatic nitrogens is 1. The fourth-order valence-electron chi connectivity index (χ4n) is 2.20. The van der Waals surface area contributed by atoms with E-state index in [4.69, 9.17) is 4.74 Å². The van der Waals surface area contributed by atoms with Gasteiger partial charge in [0.1, 0.15) is 5.60 Å². The Kier molecular flexibility index (Phi) is 4.30. The summed E-state index contributed by atoms with van der Waals surface area (Å²) in [6.45, 7) is 8.16. The summed E-state index contributed by atoms with van der Waals surface area (Å²) in [7, 11) is 0. The lowest BCUT2D eigenvalue weighted by molar-refractivity contribution is 0.0327. The second kappa shape index (κ2) is 5.84. The highest BCUT2D eigenvalue weighted by Crippen LogP contribution is 2.28. The zero-order valence-electron chi connectivity index (χ0n) is 12.9. The number of halogens is 1. The SMILES string of the molecule is CC1CC=C(c2ccc(F)nc2)N(C(=O)OC(C)(C)C)C1. The van der Waals surface area contributed by atoms with Gasteiger partial charge < -0.3 is 4.74 Å². The second-order valence-corrected chi connectivity index (χ2v) is 6.39. The van der Waals surface area contributed by atoms with Crippen LogP contribution in [0.1, 0.15) is 39.7 Å². The van der Waals surface area contributed by atoms with Crippen molar-refractivity contribution in [3.8, 4) is 0 Å². The molecule has 0 bridgehead atoms. The van der Waals surface area contributed by atoms with Gasteiger partial charge in [0.2, 0.25) is 5.95 Å². The van der Waals surface area contributed by atoms with Crippen LogP contribution in [-0.2, 0) is 4.74 Å². The Morgan fingerprint density at radius 3 is 2.71 bits per heavy atom. The molecule has 21 heavy (non-hydrogen) atoms. The van der Waals surface area contributed by atoms with E-state index in [1.54, 1.807) is 11.0 Å². The number of rotatable bonds is 1. The predicted molar refractivity (Wildman–Crippen MR) is 78.9 cm³/mol. The summed E-state index contributed by atoms with van der Waals surface area (Å²) < 4.78 is 18.4. The van der Waals surface area contributed by atoms with Crippen molar-refractivity contribution in [1.82, 2.24) is 9.88 Å². The minimum atomic E-state index is -0.552. The zero-order chi connectivity index (χ0) is 15.6. The van der Waals surface area contributed by atoms with Crippen molar-refractivity contribution in [1.29, 1.82) is 0 Å². The Morgan fingerprint density at radius 2 is 2.14 bits per heavy atom. The van der Waals surface area contributed by atoms with Gasteiger partial charge in [-0.2, -0.15) is 4.39 Å². The van der Waals surface area contributed by atoms with E-state index in [0.717, 1.165) is 12.1 Å². The smallest absolute Gasteiger partial charge is 0.414 e. The van der Waals surface area contributed by atoms with E-state index in [1.807, 2.05) is 26.8 Å². The van der Waals surface area contributed by atoms with E-state index in [9.17, 15) is 9.18 Å². The molecule has 0 aliphatic carbocycles. The van der Waals surface area contributed by atoms with Crippen LogP contribution in [0.25, 0.3) is 5.70 Å². The average Bonchev–Trinajstić information content (AvgIpc) is 2.38. The molecule has 1 amide bonds. The van der Waals surface area contributed by atoms with Crippen molar-refractivity contribution in [3.63, 3.8) is 0 Å². The van der Waals surface area contributed by atoms with Crippen molar-refractivity contribution in [2.24, 2.45) is 5.92 Å². The van der Waals surface area contributed by atoms with E-state index >= 15 is 0 Å². The molecular weight excluding hydrogens is 271 g/mol. The van der Waals surface area contributed by atoms with E-state index in [-0.39, 0.29) is 6.09 Å². The van der Waals surface area contributed by atoms with Crippen molar-refractivity contribution >= 4 is 11.8 Å². The van der Waals surface area contributed by atoms with Crippen LogP contribution in [0, 0.1) is 11.9 Å². The molecule has 1 aliphatic heterocycles. The van der Waals surface area contributed by atoms with Crippen LogP contribution >= 0.6 is 0 Å². The van der Waals surface area contributed by atoms with Gasteiger partial charge in [-0.3, -0.25) is 4.90 Å². The summed E-state index contributed by atoms with van der Waals surface area (Å²) >= 11 is 0. The third kappa shape index (κ3) is 4.03. The predicted octanol–water partition coefficient (Wildman–Crippen LogP) is 3.84. The largest absolute Gasteiger partial charge is 0.443 e. The van der Waals surface area contributed by atoms with Crippen LogP contribution in [-0.4, -0.2) is 28.1 Å². The van der Waals surface area contributed by atoms with Gasteiger partial charge in [0.15, 0.2) is 0 Å². The minimum Gasteiger partial charge on any atom is -0.443 e. The van der Waals surface area contributed by atoms with Gasteiger partial charge in [-0.25, -0.2) is 9.78 Å². The summed E-state index contributed by atoms with van der Waals surface area (Å²) in [4.78, 5) is 17.6. The number of nitrogens with zero attached hydrogens (tertiary/aromatic N) is 2. The Labute approximate surface area is 124 Å². The molecule has 2 rings (SSSR count). The van der Waals surface area contributed by atoms with Crippen molar-refractivity contribution in [2.75, 3.05) is 6.54 Å². The molecule has 0 saturated heterocycles. The number of hydrogen-bond donors (Lipinski definition) is 0. The highest BCUT2D eigenvalue weighted by Gasteiger charge is 2.29. The molecule has 0 N–H and O–H groups in total. The van der Waals surface area contributed by atoms with Gasteiger partial charge in [0, 0.05) is 18.3 Å². The maximum Gasteiger partial charge on any atom is 0.414 e. The number of amides is 1. The monoisotopic (exact) mass is 292 g/mol. The van der Waals surface area contributed by atoms with Crippen LogP contribution in [0.5, 0.6) is 0 Å².